The lowest BCUT2D eigenvalue weighted by atomic mass is 10.1. The Balaban J connectivity index is 2.13. The van der Waals surface area contributed by atoms with Gasteiger partial charge in [0.1, 0.15) is 0 Å². The maximum atomic E-state index is 12.5. The topological polar surface area (TPSA) is 85.5 Å². The minimum atomic E-state index is -0.884. The number of carbonyl (C=O) groups is 3. The molecule has 1 N–H and O–H groups in total. The Morgan fingerprint density at radius 3 is 2.35 bits per heavy atom. The van der Waals surface area contributed by atoms with Crippen LogP contribution in [-0.2, 0) is 14.3 Å². The number of carbonyl (C=O) groups excluding carboxylic acids is 3. The van der Waals surface area contributed by atoms with E-state index in [-0.39, 0.29) is 23.4 Å². The molecule has 1 atom stereocenters. The summed E-state index contributed by atoms with van der Waals surface area (Å²) in [7, 11) is 1.29. The Bertz CT molecular complexity index is 625. The number of ketones is 1. The lowest BCUT2D eigenvalue weighted by Gasteiger charge is -2.15. The molecule has 2 rings (SSSR count). The average Bonchev–Trinajstić information content (AvgIpc) is 3.14. The molecular formula is C17H23NO5. The van der Waals surface area contributed by atoms with Crippen molar-refractivity contribution in [1.82, 2.24) is 4.98 Å². The molecule has 1 saturated carbocycles. The van der Waals surface area contributed by atoms with Crippen LogP contribution in [0.1, 0.15) is 64.7 Å². The molecule has 1 aliphatic rings. The molecule has 23 heavy (non-hydrogen) atoms. The fourth-order valence-corrected chi connectivity index (χ4v) is 3.09. The zero-order valence-electron chi connectivity index (χ0n) is 14.0. The Morgan fingerprint density at radius 1 is 1.17 bits per heavy atom. The van der Waals surface area contributed by atoms with Crippen molar-refractivity contribution < 1.29 is 23.9 Å². The molecule has 0 radical (unpaired) electrons. The van der Waals surface area contributed by atoms with E-state index in [4.69, 9.17) is 9.47 Å². The van der Waals surface area contributed by atoms with Crippen molar-refractivity contribution in [3.05, 3.63) is 22.5 Å². The van der Waals surface area contributed by atoms with Gasteiger partial charge in [0.15, 0.2) is 6.10 Å². The second kappa shape index (κ2) is 6.98. The van der Waals surface area contributed by atoms with Crippen molar-refractivity contribution in [2.24, 2.45) is 5.92 Å². The highest BCUT2D eigenvalue weighted by Crippen LogP contribution is 2.27. The largest absolute Gasteiger partial charge is 0.465 e. The molecule has 1 heterocycles. The van der Waals surface area contributed by atoms with Crippen LogP contribution in [0.3, 0.4) is 0 Å². The Hall–Kier alpha value is -2.11. The number of esters is 2. The summed E-state index contributed by atoms with van der Waals surface area (Å²) in [6, 6.07) is 0. The van der Waals surface area contributed by atoms with Crippen molar-refractivity contribution in [3.8, 4) is 0 Å². The number of methoxy groups -OCH3 is 1. The number of ether oxygens (including phenoxy) is 2. The van der Waals surface area contributed by atoms with Gasteiger partial charge in [0.05, 0.1) is 24.3 Å². The number of nitrogens with one attached hydrogen (secondary N) is 1. The van der Waals surface area contributed by atoms with Gasteiger partial charge in [-0.1, -0.05) is 12.8 Å². The summed E-state index contributed by atoms with van der Waals surface area (Å²) in [5.74, 6) is -1.24. The molecule has 1 aromatic rings. The summed E-state index contributed by atoms with van der Waals surface area (Å²) >= 11 is 0. The van der Waals surface area contributed by atoms with E-state index in [2.05, 4.69) is 4.98 Å². The number of Topliss-reactive ketones (excluding diaryl/α,β-unsaturated/α-hetero) is 1. The van der Waals surface area contributed by atoms with E-state index in [0.717, 1.165) is 25.7 Å². The molecule has 126 valence electrons. The minimum absolute atomic E-state index is 0.0950. The summed E-state index contributed by atoms with van der Waals surface area (Å²) in [6.45, 7) is 4.93. The molecule has 0 amide bonds. The van der Waals surface area contributed by atoms with Gasteiger partial charge in [-0.15, -0.1) is 0 Å². The van der Waals surface area contributed by atoms with Gasteiger partial charge in [-0.25, -0.2) is 4.79 Å². The third-order valence-electron chi connectivity index (χ3n) is 4.42. The van der Waals surface area contributed by atoms with Gasteiger partial charge in [-0.05, 0) is 39.2 Å². The smallest absolute Gasteiger partial charge is 0.339 e. The first-order valence-corrected chi connectivity index (χ1v) is 7.89. The summed E-state index contributed by atoms with van der Waals surface area (Å²) in [5, 5.41) is 0. The molecule has 1 aliphatic carbocycles. The standard InChI is InChI=1S/C17H23NO5/c1-9-13(17(21)22-4)10(2)18-14(9)15(19)11(3)23-16(20)12-7-5-6-8-12/h11-12,18H,5-8H2,1-4H3/t11-/m0/s1. The monoisotopic (exact) mass is 321 g/mol. The average molecular weight is 321 g/mol. The summed E-state index contributed by atoms with van der Waals surface area (Å²) < 4.78 is 10.0. The van der Waals surface area contributed by atoms with E-state index in [0.29, 0.717) is 16.8 Å². The second-order valence-electron chi connectivity index (χ2n) is 6.04. The first-order valence-electron chi connectivity index (χ1n) is 7.89. The lowest BCUT2D eigenvalue weighted by Crippen LogP contribution is -2.28. The molecule has 0 saturated heterocycles. The second-order valence-corrected chi connectivity index (χ2v) is 6.04. The number of H-pyrrole nitrogens is 1. The number of hydrogen-bond donors (Lipinski definition) is 1. The predicted octanol–water partition coefficient (Wildman–Crippen LogP) is 2.72. The van der Waals surface area contributed by atoms with E-state index in [9.17, 15) is 14.4 Å². The Labute approximate surface area is 135 Å². The van der Waals surface area contributed by atoms with Crippen LogP contribution in [-0.4, -0.2) is 35.9 Å². The van der Waals surface area contributed by atoms with Crippen LogP contribution in [0.5, 0.6) is 0 Å². The number of hydrogen-bond acceptors (Lipinski definition) is 5. The van der Waals surface area contributed by atoms with Crippen LogP contribution in [0.2, 0.25) is 0 Å². The van der Waals surface area contributed by atoms with Gasteiger partial charge >= 0.3 is 11.9 Å². The molecule has 0 aromatic carbocycles. The van der Waals surface area contributed by atoms with Gasteiger partial charge < -0.3 is 14.5 Å². The maximum absolute atomic E-state index is 12.5. The molecule has 0 unspecified atom stereocenters. The summed E-state index contributed by atoms with van der Waals surface area (Å²) in [6.07, 6.45) is 2.82. The van der Waals surface area contributed by atoms with E-state index >= 15 is 0 Å². The molecule has 1 aromatic heterocycles. The Morgan fingerprint density at radius 2 is 1.78 bits per heavy atom. The quantitative estimate of drug-likeness (QED) is 0.666. The molecule has 0 spiro atoms. The zero-order valence-corrected chi connectivity index (χ0v) is 14.0. The molecule has 0 aliphatic heterocycles. The fourth-order valence-electron chi connectivity index (χ4n) is 3.09. The zero-order chi connectivity index (χ0) is 17.1. The maximum Gasteiger partial charge on any atom is 0.339 e. The number of aromatic nitrogens is 1. The van der Waals surface area contributed by atoms with Crippen LogP contribution in [0.25, 0.3) is 0 Å². The van der Waals surface area contributed by atoms with Crippen molar-refractivity contribution in [3.63, 3.8) is 0 Å². The van der Waals surface area contributed by atoms with Gasteiger partial charge in [0.25, 0.3) is 0 Å². The van der Waals surface area contributed by atoms with E-state index in [1.807, 2.05) is 0 Å². The Kier molecular flexibility index (Phi) is 5.23. The number of aryl methyl sites for hydroxylation is 1. The third kappa shape index (κ3) is 3.46. The highest BCUT2D eigenvalue weighted by atomic mass is 16.5. The van der Waals surface area contributed by atoms with Gasteiger partial charge in [0.2, 0.25) is 5.78 Å². The van der Waals surface area contributed by atoms with Crippen molar-refractivity contribution in [1.29, 1.82) is 0 Å². The van der Waals surface area contributed by atoms with Crippen LogP contribution in [0.4, 0.5) is 0 Å². The molecule has 0 bridgehead atoms. The summed E-state index contributed by atoms with van der Waals surface area (Å²) in [4.78, 5) is 39.3. The first-order chi connectivity index (χ1) is 10.9. The van der Waals surface area contributed by atoms with Gasteiger partial charge in [-0.3, -0.25) is 9.59 Å². The molecule has 6 heteroatoms. The first kappa shape index (κ1) is 17.2. The van der Waals surface area contributed by atoms with E-state index in [1.165, 1.54) is 7.11 Å². The highest BCUT2D eigenvalue weighted by molar-refractivity contribution is 6.04. The van der Waals surface area contributed by atoms with Gasteiger partial charge in [-0.2, -0.15) is 0 Å². The van der Waals surface area contributed by atoms with Crippen molar-refractivity contribution >= 4 is 17.7 Å². The van der Waals surface area contributed by atoms with Crippen LogP contribution >= 0.6 is 0 Å². The van der Waals surface area contributed by atoms with Crippen LogP contribution in [0, 0.1) is 19.8 Å². The van der Waals surface area contributed by atoms with E-state index < -0.39 is 12.1 Å². The number of aromatic amines is 1. The highest BCUT2D eigenvalue weighted by Gasteiger charge is 2.30. The van der Waals surface area contributed by atoms with Crippen LogP contribution < -0.4 is 0 Å². The number of rotatable bonds is 5. The van der Waals surface area contributed by atoms with E-state index in [1.54, 1.807) is 20.8 Å². The summed E-state index contributed by atoms with van der Waals surface area (Å²) in [5.41, 5.74) is 1.72. The van der Waals surface area contributed by atoms with Gasteiger partial charge in [0, 0.05) is 5.69 Å². The van der Waals surface area contributed by atoms with Crippen molar-refractivity contribution in [2.75, 3.05) is 7.11 Å². The molecular weight excluding hydrogens is 298 g/mol. The predicted molar refractivity (Wildman–Crippen MR) is 83.4 cm³/mol. The third-order valence-corrected chi connectivity index (χ3v) is 4.42. The van der Waals surface area contributed by atoms with Crippen molar-refractivity contribution in [2.45, 2.75) is 52.6 Å². The normalized spacial score (nSPS) is 16.2. The SMILES string of the molecule is COC(=O)c1c(C)[nH]c(C(=O)[C@H](C)OC(=O)C2CCCC2)c1C. The molecule has 6 nitrogen and oxygen atoms in total. The fraction of sp³-hybridized carbons (Fsp3) is 0.588. The molecule has 1 fully saturated rings. The minimum Gasteiger partial charge on any atom is -0.465 e. The van der Waals surface area contributed by atoms with Crippen LogP contribution in [0.15, 0.2) is 0 Å². The lowest BCUT2D eigenvalue weighted by molar-refractivity contribution is -0.151.